The van der Waals surface area contributed by atoms with Crippen molar-refractivity contribution in [2.45, 2.75) is 25.8 Å². The van der Waals surface area contributed by atoms with Crippen molar-refractivity contribution in [3.8, 4) is 0 Å². The molecule has 1 amide bonds. The van der Waals surface area contributed by atoms with Crippen LogP contribution in [0.4, 0.5) is 5.82 Å². The van der Waals surface area contributed by atoms with Gasteiger partial charge in [-0.25, -0.2) is 4.98 Å². The Bertz CT molecular complexity index is 682. The summed E-state index contributed by atoms with van der Waals surface area (Å²) in [5, 5.41) is 3.97. The zero-order valence-electron chi connectivity index (χ0n) is 13.0. The van der Waals surface area contributed by atoms with Crippen LogP contribution in [0.25, 0.3) is 0 Å². The van der Waals surface area contributed by atoms with Crippen LogP contribution in [0.1, 0.15) is 41.0 Å². The summed E-state index contributed by atoms with van der Waals surface area (Å²) in [4.78, 5) is 25.0. The molecule has 22 heavy (non-hydrogen) atoms. The van der Waals surface area contributed by atoms with E-state index in [-0.39, 0.29) is 11.9 Å². The van der Waals surface area contributed by atoms with Gasteiger partial charge in [-0.15, -0.1) is 0 Å². The van der Waals surface area contributed by atoms with Crippen LogP contribution in [-0.4, -0.2) is 46.6 Å². The molecule has 0 radical (unpaired) electrons. The van der Waals surface area contributed by atoms with Gasteiger partial charge < -0.3 is 14.3 Å². The molecule has 0 saturated carbocycles. The number of amides is 1. The molecule has 1 saturated heterocycles. The second-order valence-corrected chi connectivity index (χ2v) is 5.63. The van der Waals surface area contributed by atoms with Crippen LogP contribution < -0.4 is 4.90 Å². The SMILES string of the molecule is Cc1nc([C@H]2CCCN2C(=O)c2ccnc(N(C)C)c2)no1. The Morgan fingerprint density at radius 3 is 2.95 bits per heavy atom. The zero-order chi connectivity index (χ0) is 15.7. The molecule has 2 aromatic rings. The molecule has 1 aliphatic rings. The molecule has 3 heterocycles. The highest BCUT2D eigenvalue weighted by Gasteiger charge is 2.33. The molecule has 0 aromatic carbocycles. The van der Waals surface area contributed by atoms with E-state index in [2.05, 4.69) is 15.1 Å². The number of nitrogens with zero attached hydrogens (tertiary/aromatic N) is 5. The minimum Gasteiger partial charge on any atom is -0.363 e. The average molecular weight is 301 g/mol. The van der Waals surface area contributed by atoms with Gasteiger partial charge in [0.15, 0.2) is 5.82 Å². The van der Waals surface area contributed by atoms with Crippen LogP contribution >= 0.6 is 0 Å². The maximum absolute atomic E-state index is 12.8. The molecule has 0 unspecified atom stereocenters. The van der Waals surface area contributed by atoms with Gasteiger partial charge in [0.25, 0.3) is 5.91 Å². The van der Waals surface area contributed by atoms with Gasteiger partial charge in [-0.3, -0.25) is 4.79 Å². The normalized spacial score (nSPS) is 17.8. The summed E-state index contributed by atoms with van der Waals surface area (Å²) in [6.07, 6.45) is 3.46. The second-order valence-electron chi connectivity index (χ2n) is 5.63. The highest BCUT2D eigenvalue weighted by Crippen LogP contribution is 2.31. The summed E-state index contributed by atoms with van der Waals surface area (Å²) in [5.74, 6) is 1.85. The fraction of sp³-hybridized carbons (Fsp3) is 0.467. The van der Waals surface area contributed by atoms with E-state index in [9.17, 15) is 4.79 Å². The summed E-state index contributed by atoms with van der Waals surface area (Å²) in [6, 6.07) is 3.44. The van der Waals surface area contributed by atoms with Crippen molar-refractivity contribution in [1.29, 1.82) is 0 Å². The maximum atomic E-state index is 12.8. The van der Waals surface area contributed by atoms with Gasteiger partial charge in [0.1, 0.15) is 5.82 Å². The summed E-state index contributed by atoms with van der Waals surface area (Å²) in [5.41, 5.74) is 0.630. The number of aryl methyl sites for hydroxylation is 1. The minimum absolute atomic E-state index is 0.0181. The van der Waals surface area contributed by atoms with Crippen LogP contribution in [0.3, 0.4) is 0 Å². The lowest BCUT2D eigenvalue weighted by atomic mass is 10.1. The van der Waals surface area contributed by atoms with Crippen molar-refractivity contribution in [2.24, 2.45) is 0 Å². The third-order valence-electron chi connectivity index (χ3n) is 3.81. The molecule has 0 N–H and O–H groups in total. The van der Waals surface area contributed by atoms with Gasteiger partial charge in [-0.2, -0.15) is 4.98 Å². The van der Waals surface area contributed by atoms with Crippen LogP contribution in [0.2, 0.25) is 0 Å². The third kappa shape index (κ3) is 2.66. The average Bonchev–Trinajstić information content (AvgIpc) is 3.15. The van der Waals surface area contributed by atoms with Crippen molar-refractivity contribution < 1.29 is 9.32 Å². The Morgan fingerprint density at radius 1 is 1.45 bits per heavy atom. The number of carbonyl (C=O) groups is 1. The number of pyridine rings is 1. The molecule has 7 heteroatoms. The van der Waals surface area contributed by atoms with E-state index in [0.29, 0.717) is 23.8 Å². The van der Waals surface area contributed by atoms with Crippen molar-refractivity contribution in [3.05, 3.63) is 35.6 Å². The molecule has 116 valence electrons. The van der Waals surface area contributed by atoms with Gasteiger partial charge in [-0.05, 0) is 25.0 Å². The van der Waals surface area contributed by atoms with Gasteiger partial charge >= 0.3 is 0 Å². The van der Waals surface area contributed by atoms with Crippen molar-refractivity contribution in [1.82, 2.24) is 20.0 Å². The van der Waals surface area contributed by atoms with Crippen LogP contribution in [0.15, 0.2) is 22.9 Å². The molecule has 1 fully saturated rings. The number of carbonyl (C=O) groups excluding carboxylic acids is 1. The summed E-state index contributed by atoms with van der Waals surface area (Å²) >= 11 is 0. The molecular weight excluding hydrogens is 282 g/mol. The van der Waals surface area contributed by atoms with Crippen molar-refractivity contribution in [2.75, 3.05) is 25.5 Å². The molecule has 1 aliphatic heterocycles. The second kappa shape index (κ2) is 5.75. The lowest BCUT2D eigenvalue weighted by Crippen LogP contribution is -2.31. The molecule has 1 atom stereocenters. The summed E-state index contributed by atoms with van der Waals surface area (Å²) in [7, 11) is 3.80. The Labute approximate surface area is 128 Å². The van der Waals surface area contributed by atoms with Crippen molar-refractivity contribution >= 4 is 11.7 Å². The first kappa shape index (κ1) is 14.5. The van der Waals surface area contributed by atoms with Gasteiger partial charge in [0, 0.05) is 39.3 Å². The first-order valence-electron chi connectivity index (χ1n) is 7.31. The van der Waals surface area contributed by atoms with Crippen LogP contribution in [0.5, 0.6) is 0 Å². The fourth-order valence-electron chi connectivity index (χ4n) is 2.69. The largest absolute Gasteiger partial charge is 0.363 e. The number of hydrogen-bond donors (Lipinski definition) is 0. The molecular formula is C15H19N5O2. The maximum Gasteiger partial charge on any atom is 0.254 e. The van der Waals surface area contributed by atoms with Gasteiger partial charge in [0.2, 0.25) is 5.89 Å². The number of likely N-dealkylation sites (tertiary alicyclic amines) is 1. The molecule has 3 rings (SSSR count). The number of anilines is 1. The molecule has 0 bridgehead atoms. The first-order chi connectivity index (χ1) is 10.6. The van der Waals surface area contributed by atoms with Gasteiger partial charge in [0.05, 0.1) is 6.04 Å². The van der Waals surface area contributed by atoms with Crippen LogP contribution in [0, 0.1) is 6.92 Å². The number of hydrogen-bond acceptors (Lipinski definition) is 6. The van der Waals surface area contributed by atoms with Gasteiger partial charge in [-0.1, -0.05) is 5.16 Å². The monoisotopic (exact) mass is 301 g/mol. The van der Waals surface area contributed by atoms with E-state index in [4.69, 9.17) is 4.52 Å². The topological polar surface area (TPSA) is 75.4 Å². The van der Waals surface area contributed by atoms with E-state index in [0.717, 1.165) is 18.7 Å². The number of aromatic nitrogens is 3. The van der Waals surface area contributed by atoms with E-state index in [1.54, 1.807) is 25.3 Å². The van der Waals surface area contributed by atoms with Crippen LogP contribution in [-0.2, 0) is 0 Å². The summed E-state index contributed by atoms with van der Waals surface area (Å²) in [6.45, 7) is 2.46. The molecule has 0 aliphatic carbocycles. The highest BCUT2D eigenvalue weighted by atomic mass is 16.5. The van der Waals surface area contributed by atoms with E-state index >= 15 is 0 Å². The lowest BCUT2D eigenvalue weighted by molar-refractivity contribution is 0.0728. The molecule has 2 aromatic heterocycles. The Kier molecular flexibility index (Phi) is 3.79. The number of rotatable bonds is 3. The highest BCUT2D eigenvalue weighted by molar-refractivity contribution is 5.95. The van der Waals surface area contributed by atoms with E-state index in [1.807, 2.05) is 23.9 Å². The summed E-state index contributed by atoms with van der Waals surface area (Å²) < 4.78 is 5.05. The molecule has 7 nitrogen and oxygen atoms in total. The van der Waals surface area contributed by atoms with E-state index < -0.39 is 0 Å². The smallest absolute Gasteiger partial charge is 0.254 e. The lowest BCUT2D eigenvalue weighted by Gasteiger charge is -2.22. The van der Waals surface area contributed by atoms with Crippen molar-refractivity contribution in [3.63, 3.8) is 0 Å². The van der Waals surface area contributed by atoms with E-state index in [1.165, 1.54) is 0 Å². The Hall–Kier alpha value is -2.44. The predicted octanol–water partition coefficient (Wildman–Crippen LogP) is 1.82. The fourth-order valence-corrected chi connectivity index (χ4v) is 2.69. The zero-order valence-corrected chi connectivity index (χ0v) is 13.0. The standard InChI is InChI=1S/C15H19N5O2/c1-10-17-14(18-22-10)12-5-4-8-20(12)15(21)11-6-7-16-13(9-11)19(2)3/h6-7,9,12H,4-5,8H2,1-3H3/t12-/m1/s1. The Morgan fingerprint density at radius 2 is 2.27 bits per heavy atom. The minimum atomic E-state index is -0.110. The predicted molar refractivity (Wildman–Crippen MR) is 80.6 cm³/mol. The quantitative estimate of drug-likeness (QED) is 0.860. The third-order valence-corrected chi connectivity index (χ3v) is 3.81. The molecule has 0 spiro atoms. The first-order valence-corrected chi connectivity index (χ1v) is 7.31. The Balaban J connectivity index is 1.86.